The summed E-state index contributed by atoms with van der Waals surface area (Å²) in [5.41, 5.74) is 2.27. The van der Waals surface area contributed by atoms with Gasteiger partial charge in [0.05, 0.1) is 6.54 Å². The van der Waals surface area contributed by atoms with Crippen LogP contribution in [0.4, 0.5) is 10.1 Å². The van der Waals surface area contributed by atoms with E-state index >= 15 is 0 Å². The Morgan fingerprint density at radius 3 is 2.76 bits per heavy atom. The average molecular weight is 396 g/mol. The van der Waals surface area contributed by atoms with Crippen LogP contribution in [0, 0.1) is 11.7 Å². The van der Waals surface area contributed by atoms with Gasteiger partial charge < -0.3 is 10.2 Å². The molecule has 4 nitrogen and oxygen atoms in total. The van der Waals surface area contributed by atoms with Crippen molar-refractivity contribution >= 4 is 11.6 Å². The Morgan fingerprint density at radius 2 is 1.93 bits per heavy atom. The molecule has 4 rings (SSSR count). The van der Waals surface area contributed by atoms with Crippen molar-refractivity contribution in [3.63, 3.8) is 0 Å². The van der Waals surface area contributed by atoms with Crippen molar-refractivity contribution < 1.29 is 9.18 Å². The van der Waals surface area contributed by atoms with Crippen molar-refractivity contribution in [3.05, 3.63) is 66.0 Å². The molecule has 2 heterocycles. The molecule has 2 atom stereocenters. The van der Waals surface area contributed by atoms with E-state index in [2.05, 4.69) is 39.4 Å². The van der Waals surface area contributed by atoms with Crippen LogP contribution < -0.4 is 10.2 Å². The molecular weight excluding hydrogens is 365 g/mol. The van der Waals surface area contributed by atoms with E-state index in [4.69, 9.17) is 0 Å². The molecular formula is C24H30FN3O. The minimum absolute atomic E-state index is 0.106. The number of carbonyl (C=O) groups is 1. The van der Waals surface area contributed by atoms with Crippen LogP contribution in [0.3, 0.4) is 0 Å². The summed E-state index contributed by atoms with van der Waals surface area (Å²) >= 11 is 0. The molecule has 0 unspecified atom stereocenters. The zero-order valence-electron chi connectivity index (χ0n) is 16.9. The van der Waals surface area contributed by atoms with E-state index < -0.39 is 0 Å². The monoisotopic (exact) mass is 395 g/mol. The molecule has 2 saturated heterocycles. The van der Waals surface area contributed by atoms with E-state index in [1.54, 1.807) is 12.1 Å². The number of rotatable bonds is 7. The number of amides is 1. The fraction of sp³-hybridized carbons (Fsp3) is 0.458. The predicted octanol–water partition coefficient (Wildman–Crippen LogP) is 3.48. The van der Waals surface area contributed by atoms with E-state index in [9.17, 15) is 9.18 Å². The average Bonchev–Trinajstić information content (AvgIpc) is 3.37. The highest BCUT2D eigenvalue weighted by molar-refractivity contribution is 5.78. The first-order chi connectivity index (χ1) is 14.2. The maximum absolute atomic E-state index is 13.5. The van der Waals surface area contributed by atoms with Gasteiger partial charge in [-0.2, -0.15) is 0 Å². The van der Waals surface area contributed by atoms with Gasteiger partial charge in [-0.25, -0.2) is 4.39 Å². The molecule has 0 aromatic heterocycles. The molecule has 2 aromatic rings. The second-order valence-corrected chi connectivity index (χ2v) is 8.34. The summed E-state index contributed by atoms with van der Waals surface area (Å²) < 4.78 is 13.5. The SMILES string of the molecule is O=C(CN1CCC[C@@H]1Cc1cccc(F)c1)NC[C@H]1CCN(c2ccccc2)C1. The molecule has 29 heavy (non-hydrogen) atoms. The third-order valence-electron chi connectivity index (χ3n) is 6.20. The molecule has 1 N–H and O–H groups in total. The van der Waals surface area contributed by atoms with Gasteiger partial charge in [0.1, 0.15) is 5.82 Å². The molecule has 0 bridgehead atoms. The van der Waals surface area contributed by atoms with E-state index in [0.29, 0.717) is 18.5 Å². The second kappa shape index (κ2) is 9.40. The molecule has 0 spiro atoms. The maximum Gasteiger partial charge on any atom is 0.234 e. The molecule has 2 fully saturated rings. The number of halogens is 1. The molecule has 0 saturated carbocycles. The normalized spacial score (nSPS) is 22.2. The summed E-state index contributed by atoms with van der Waals surface area (Å²) in [6, 6.07) is 17.6. The summed E-state index contributed by atoms with van der Waals surface area (Å²) in [7, 11) is 0. The van der Waals surface area contributed by atoms with Gasteiger partial charge in [0, 0.05) is 31.4 Å². The molecule has 2 aliphatic rings. The number of likely N-dealkylation sites (tertiary alicyclic amines) is 1. The highest BCUT2D eigenvalue weighted by Gasteiger charge is 2.27. The van der Waals surface area contributed by atoms with Crippen LogP contribution >= 0.6 is 0 Å². The van der Waals surface area contributed by atoms with Crippen LogP contribution in [0.25, 0.3) is 0 Å². The first-order valence-electron chi connectivity index (χ1n) is 10.7. The quantitative estimate of drug-likeness (QED) is 0.780. The van der Waals surface area contributed by atoms with E-state index in [0.717, 1.165) is 57.4 Å². The predicted molar refractivity (Wildman–Crippen MR) is 114 cm³/mol. The van der Waals surface area contributed by atoms with Crippen LogP contribution in [0.2, 0.25) is 0 Å². The van der Waals surface area contributed by atoms with E-state index in [1.165, 1.54) is 11.8 Å². The maximum atomic E-state index is 13.5. The number of hydrogen-bond acceptors (Lipinski definition) is 3. The van der Waals surface area contributed by atoms with Crippen LogP contribution in [0.5, 0.6) is 0 Å². The van der Waals surface area contributed by atoms with Crippen LogP contribution in [-0.4, -0.2) is 49.6 Å². The number of carbonyl (C=O) groups excluding carboxylic acids is 1. The first-order valence-corrected chi connectivity index (χ1v) is 10.7. The van der Waals surface area contributed by atoms with Gasteiger partial charge in [0.25, 0.3) is 0 Å². The summed E-state index contributed by atoms with van der Waals surface area (Å²) in [4.78, 5) is 17.2. The second-order valence-electron chi connectivity index (χ2n) is 8.34. The summed E-state index contributed by atoms with van der Waals surface area (Å²) in [5.74, 6) is 0.418. The van der Waals surface area contributed by atoms with Crippen molar-refractivity contribution in [2.24, 2.45) is 5.92 Å². The van der Waals surface area contributed by atoms with Crippen LogP contribution in [0.15, 0.2) is 54.6 Å². The van der Waals surface area contributed by atoms with E-state index in [-0.39, 0.29) is 11.7 Å². The zero-order valence-corrected chi connectivity index (χ0v) is 16.9. The Balaban J connectivity index is 1.22. The summed E-state index contributed by atoms with van der Waals surface area (Å²) in [6.45, 7) is 4.17. The Bertz CT molecular complexity index is 813. The lowest BCUT2D eigenvalue weighted by atomic mass is 10.0. The fourth-order valence-electron chi connectivity index (χ4n) is 4.64. The Hall–Kier alpha value is -2.40. The minimum atomic E-state index is -0.189. The van der Waals surface area contributed by atoms with E-state index in [1.807, 2.05) is 12.1 Å². The van der Waals surface area contributed by atoms with Crippen molar-refractivity contribution in [1.29, 1.82) is 0 Å². The van der Waals surface area contributed by atoms with Crippen molar-refractivity contribution in [1.82, 2.24) is 10.2 Å². The Morgan fingerprint density at radius 1 is 1.07 bits per heavy atom. The van der Waals surface area contributed by atoms with Gasteiger partial charge in [-0.05, 0) is 68.0 Å². The summed E-state index contributed by atoms with van der Waals surface area (Å²) in [6.07, 6.45) is 4.08. The van der Waals surface area contributed by atoms with Crippen molar-refractivity contribution in [2.45, 2.75) is 31.7 Å². The fourth-order valence-corrected chi connectivity index (χ4v) is 4.64. The van der Waals surface area contributed by atoms with Gasteiger partial charge in [-0.1, -0.05) is 30.3 Å². The Labute approximate surface area is 172 Å². The molecule has 154 valence electrons. The third kappa shape index (κ3) is 5.36. The van der Waals surface area contributed by atoms with Crippen molar-refractivity contribution in [3.8, 4) is 0 Å². The lowest BCUT2D eigenvalue weighted by Crippen LogP contribution is -2.42. The Kier molecular flexibility index (Phi) is 6.45. The molecule has 2 aliphatic heterocycles. The van der Waals surface area contributed by atoms with Gasteiger partial charge in [0.15, 0.2) is 0 Å². The molecule has 5 heteroatoms. The third-order valence-corrected chi connectivity index (χ3v) is 6.20. The lowest BCUT2D eigenvalue weighted by molar-refractivity contribution is -0.122. The lowest BCUT2D eigenvalue weighted by Gasteiger charge is -2.24. The highest BCUT2D eigenvalue weighted by atomic mass is 19.1. The number of anilines is 1. The number of para-hydroxylation sites is 1. The highest BCUT2D eigenvalue weighted by Crippen LogP contribution is 2.23. The van der Waals surface area contributed by atoms with Gasteiger partial charge in [-0.15, -0.1) is 0 Å². The molecule has 1 amide bonds. The zero-order chi connectivity index (χ0) is 20.1. The van der Waals surface area contributed by atoms with Crippen molar-refractivity contribution in [2.75, 3.05) is 37.6 Å². The topological polar surface area (TPSA) is 35.6 Å². The molecule has 2 aromatic carbocycles. The first kappa shape index (κ1) is 19.9. The van der Waals surface area contributed by atoms with Gasteiger partial charge >= 0.3 is 0 Å². The standard InChI is InChI=1S/C24H30FN3O/c25-21-7-4-6-19(14-21)15-23-10-5-12-27(23)18-24(29)26-16-20-11-13-28(17-20)22-8-2-1-3-9-22/h1-4,6-9,14,20,23H,5,10-13,15-18H2,(H,26,29)/t20-,23-/m1/s1. The number of nitrogens with one attached hydrogen (secondary N) is 1. The molecule has 0 radical (unpaired) electrons. The van der Waals surface area contributed by atoms with Gasteiger partial charge in [0.2, 0.25) is 5.91 Å². The number of hydrogen-bond donors (Lipinski definition) is 1. The largest absolute Gasteiger partial charge is 0.371 e. The summed E-state index contributed by atoms with van der Waals surface area (Å²) in [5, 5.41) is 3.15. The number of benzene rings is 2. The van der Waals surface area contributed by atoms with Crippen LogP contribution in [0.1, 0.15) is 24.8 Å². The van der Waals surface area contributed by atoms with Gasteiger partial charge in [-0.3, -0.25) is 9.69 Å². The van der Waals surface area contributed by atoms with Crippen LogP contribution in [-0.2, 0) is 11.2 Å². The smallest absolute Gasteiger partial charge is 0.234 e. The minimum Gasteiger partial charge on any atom is -0.371 e. The molecule has 0 aliphatic carbocycles. The number of nitrogens with zero attached hydrogens (tertiary/aromatic N) is 2.